The number of hydrogen-bond donors (Lipinski definition) is 1. The van der Waals surface area contributed by atoms with Gasteiger partial charge in [-0.05, 0) is 36.8 Å². The van der Waals surface area contributed by atoms with Gasteiger partial charge in [0.25, 0.3) is 0 Å². The Morgan fingerprint density at radius 2 is 1.82 bits per heavy atom. The summed E-state index contributed by atoms with van der Waals surface area (Å²) in [4.78, 5) is 16.7. The lowest BCUT2D eigenvalue weighted by Crippen LogP contribution is -2.49. The maximum atomic E-state index is 11.9. The predicted octanol–water partition coefficient (Wildman–Crippen LogP) is 1.64. The van der Waals surface area contributed by atoms with E-state index in [1.807, 2.05) is 0 Å². The Labute approximate surface area is 133 Å². The highest BCUT2D eigenvalue weighted by Crippen LogP contribution is 2.27. The fourth-order valence-electron chi connectivity index (χ4n) is 2.97. The molecule has 3 rings (SSSR count). The van der Waals surface area contributed by atoms with Crippen LogP contribution in [0.2, 0.25) is 0 Å². The van der Waals surface area contributed by atoms with Crippen molar-refractivity contribution in [2.45, 2.75) is 26.3 Å². The molecule has 1 aliphatic heterocycles. The van der Waals surface area contributed by atoms with Gasteiger partial charge in [-0.1, -0.05) is 24.3 Å². The molecule has 22 heavy (non-hydrogen) atoms. The van der Waals surface area contributed by atoms with E-state index in [4.69, 9.17) is 0 Å². The number of carbonyl (C=O) groups is 1. The van der Waals surface area contributed by atoms with Crippen LogP contribution in [0.15, 0.2) is 24.3 Å². The summed E-state index contributed by atoms with van der Waals surface area (Å²) in [5.74, 6) is 0.953. The summed E-state index contributed by atoms with van der Waals surface area (Å²) in [6.07, 6.45) is 2.58. The number of aryl methyl sites for hydroxylation is 1. The number of nitrogens with zero attached hydrogens (tertiary/aromatic N) is 2. The topological polar surface area (TPSA) is 35.6 Å². The van der Waals surface area contributed by atoms with Gasteiger partial charge in [-0.3, -0.25) is 14.6 Å². The van der Waals surface area contributed by atoms with E-state index in [0.717, 1.165) is 45.2 Å². The lowest BCUT2D eigenvalue weighted by atomic mass is 10.1. The van der Waals surface area contributed by atoms with Crippen molar-refractivity contribution in [3.63, 3.8) is 0 Å². The SMILES string of the molecule is Cc1ccccc1CN1CCN(CC(=O)NCC2CC2)CC1. The van der Waals surface area contributed by atoms with E-state index >= 15 is 0 Å². The quantitative estimate of drug-likeness (QED) is 0.867. The first kappa shape index (κ1) is 15.5. The zero-order valence-corrected chi connectivity index (χ0v) is 13.6. The summed E-state index contributed by atoms with van der Waals surface area (Å²) in [6, 6.07) is 8.60. The lowest BCUT2D eigenvalue weighted by Gasteiger charge is -2.34. The van der Waals surface area contributed by atoms with Gasteiger partial charge in [0.05, 0.1) is 6.54 Å². The molecule has 0 spiro atoms. The Morgan fingerprint density at radius 3 is 2.50 bits per heavy atom. The second-order valence-electron chi connectivity index (χ2n) is 6.73. The van der Waals surface area contributed by atoms with Crippen molar-refractivity contribution in [2.75, 3.05) is 39.3 Å². The average Bonchev–Trinajstić information content (AvgIpc) is 3.34. The van der Waals surface area contributed by atoms with Gasteiger partial charge < -0.3 is 5.32 Å². The van der Waals surface area contributed by atoms with E-state index in [9.17, 15) is 4.79 Å². The van der Waals surface area contributed by atoms with Crippen LogP contribution in [0.3, 0.4) is 0 Å². The molecule has 1 saturated carbocycles. The Morgan fingerprint density at radius 1 is 1.14 bits per heavy atom. The second-order valence-corrected chi connectivity index (χ2v) is 6.73. The van der Waals surface area contributed by atoms with E-state index < -0.39 is 0 Å². The molecule has 2 fully saturated rings. The van der Waals surface area contributed by atoms with Crippen molar-refractivity contribution in [3.8, 4) is 0 Å². The first-order valence-corrected chi connectivity index (χ1v) is 8.46. The van der Waals surface area contributed by atoms with Crippen molar-refractivity contribution in [1.82, 2.24) is 15.1 Å². The van der Waals surface area contributed by atoms with Crippen molar-refractivity contribution in [3.05, 3.63) is 35.4 Å². The molecule has 1 aliphatic carbocycles. The number of hydrogen-bond acceptors (Lipinski definition) is 3. The molecule has 1 heterocycles. The summed E-state index contributed by atoms with van der Waals surface area (Å²) >= 11 is 0. The van der Waals surface area contributed by atoms with Crippen LogP contribution in [0.5, 0.6) is 0 Å². The van der Waals surface area contributed by atoms with Gasteiger partial charge in [-0.25, -0.2) is 0 Å². The molecule has 0 aromatic heterocycles. The van der Waals surface area contributed by atoms with E-state index in [1.54, 1.807) is 0 Å². The number of carbonyl (C=O) groups excluding carboxylic acids is 1. The van der Waals surface area contributed by atoms with Crippen molar-refractivity contribution in [1.29, 1.82) is 0 Å². The van der Waals surface area contributed by atoms with Gasteiger partial charge >= 0.3 is 0 Å². The van der Waals surface area contributed by atoms with Gasteiger partial charge in [0, 0.05) is 39.3 Å². The third-order valence-corrected chi connectivity index (χ3v) is 4.77. The number of piperazine rings is 1. The molecule has 120 valence electrons. The fourth-order valence-corrected chi connectivity index (χ4v) is 2.97. The zero-order chi connectivity index (χ0) is 15.4. The van der Waals surface area contributed by atoms with Crippen LogP contribution >= 0.6 is 0 Å². The van der Waals surface area contributed by atoms with Crippen molar-refractivity contribution in [2.24, 2.45) is 5.92 Å². The minimum Gasteiger partial charge on any atom is -0.355 e. The molecule has 0 radical (unpaired) electrons. The molecule has 4 nitrogen and oxygen atoms in total. The normalized spacial score (nSPS) is 20.0. The van der Waals surface area contributed by atoms with Crippen LogP contribution < -0.4 is 5.32 Å². The summed E-state index contributed by atoms with van der Waals surface area (Å²) in [7, 11) is 0. The second kappa shape index (κ2) is 7.25. The molecule has 4 heteroatoms. The largest absolute Gasteiger partial charge is 0.355 e. The molecular formula is C18H27N3O. The third kappa shape index (κ3) is 4.55. The lowest BCUT2D eigenvalue weighted by molar-refractivity contribution is -0.122. The molecule has 1 N–H and O–H groups in total. The average molecular weight is 301 g/mol. The summed E-state index contributed by atoms with van der Waals surface area (Å²) in [5, 5.41) is 3.06. The number of amides is 1. The number of nitrogens with one attached hydrogen (secondary N) is 1. The van der Waals surface area contributed by atoms with Crippen LogP contribution in [0.1, 0.15) is 24.0 Å². The van der Waals surface area contributed by atoms with Crippen molar-refractivity contribution < 1.29 is 4.79 Å². The molecule has 0 unspecified atom stereocenters. The van der Waals surface area contributed by atoms with E-state index in [0.29, 0.717) is 6.54 Å². The van der Waals surface area contributed by atoms with Crippen LogP contribution in [-0.4, -0.2) is 55.0 Å². The van der Waals surface area contributed by atoms with E-state index in [-0.39, 0.29) is 5.91 Å². The Hall–Kier alpha value is -1.39. The van der Waals surface area contributed by atoms with Gasteiger partial charge in [-0.2, -0.15) is 0 Å². The van der Waals surface area contributed by atoms with Gasteiger partial charge in [0.2, 0.25) is 5.91 Å². The van der Waals surface area contributed by atoms with Crippen LogP contribution in [0.25, 0.3) is 0 Å². The molecule has 1 aromatic rings. The zero-order valence-electron chi connectivity index (χ0n) is 13.6. The molecule has 0 atom stereocenters. The molecule has 1 saturated heterocycles. The molecule has 0 bridgehead atoms. The smallest absolute Gasteiger partial charge is 0.234 e. The highest BCUT2D eigenvalue weighted by molar-refractivity contribution is 5.78. The van der Waals surface area contributed by atoms with Crippen LogP contribution in [0, 0.1) is 12.8 Å². The Balaban J connectivity index is 1.38. The first-order chi connectivity index (χ1) is 10.7. The minimum atomic E-state index is 0.194. The molecule has 2 aliphatic rings. The molecular weight excluding hydrogens is 274 g/mol. The van der Waals surface area contributed by atoms with Crippen LogP contribution in [-0.2, 0) is 11.3 Å². The van der Waals surface area contributed by atoms with Gasteiger partial charge in [0.1, 0.15) is 0 Å². The highest BCUT2D eigenvalue weighted by Gasteiger charge is 2.23. The minimum absolute atomic E-state index is 0.194. The summed E-state index contributed by atoms with van der Waals surface area (Å²) < 4.78 is 0. The van der Waals surface area contributed by atoms with E-state index in [1.165, 1.54) is 24.0 Å². The predicted molar refractivity (Wildman–Crippen MR) is 88.6 cm³/mol. The van der Waals surface area contributed by atoms with Gasteiger partial charge in [0.15, 0.2) is 0 Å². The van der Waals surface area contributed by atoms with Crippen LogP contribution in [0.4, 0.5) is 0 Å². The maximum absolute atomic E-state index is 11.9. The Kier molecular flexibility index (Phi) is 5.11. The summed E-state index contributed by atoms with van der Waals surface area (Å²) in [6.45, 7) is 8.71. The Bertz CT molecular complexity index is 505. The molecule has 1 aromatic carbocycles. The van der Waals surface area contributed by atoms with E-state index in [2.05, 4.69) is 46.3 Å². The fraction of sp³-hybridized carbons (Fsp3) is 0.611. The number of benzene rings is 1. The molecule has 1 amide bonds. The highest BCUT2D eigenvalue weighted by atomic mass is 16.2. The first-order valence-electron chi connectivity index (χ1n) is 8.46. The third-order valence-electron chi connectivity index (χ3n) is 4.77. The standard InChI is InChI=1S/C18H27N3O/c1-15-4-2-3-5-17(15)13-20-8-10-21(11-9-20)14-18(22)19-12-16-6-7-16/h2-5,16H,6-14H2,1H3,(H,19,22). The summed E-state index contributed by atoms with van der Waals surface area (Å²) in [5.41, 5.74) is 2.78. The maximum Gasteiger partial charge on any atom is 0.234 e. The van der Waals surface area contributed by atoms with Crippen molar-refractivity contribution >= 4 is 5.91 Å². The monoisotopic (exact) mass is 301 g/mol. The number of rotatable bonds is 6. The van der Waals surface area contributed by atoms with Gasteiger partial charge in [-0.15, -0.1) is 0 Å².